The fourth-order valence-corrected chi connectivity index (χ4v) is 2.93. The number of benzene rings is 1. The van der Waals surface area contributed by atoms with Gasteiger partial charge in [-0.3, -0.25) is 19.9 Å². The molecule has 0 saturated carbocycles. The molecule has 0 aliphatic heterocycles. The van der Waals surface area contributed by atoms with E-state index in [9.17, 15) is 19.2 Å². The van der Waals surface area contributed by atoms with E-state index in [2.05, 4.69) is 10.9 Å². The van der Waals surface area contributed by atoms with Gasteiger partial charge in [0.05, 0.1) is 0 Å². The SMILES string of the molecule is CC(C)[C@@H](C(=O)N(C)[C@@H](C)C(=O)NNC(=O)OC(C)(C)C)N(C)C(=O)OCc1ccccc1. The number of nitrogens with zero attached hydrogens (tertiary/aromatic N) is 2. The zero-order valence-electron chi connectivity index (χ0n) is 20.7. The normalized spacial score (nSPS) is 12.9. The first-order valence-electron chi connectivity index (χ1n) is 10.7. The molecule has 2 N–H and O–H groups in total. The number of rotatable bonds is 7. The van der Waals surface area contributed by atoms with Gasteiger partial charge in [-0.1, -0.05) is 44.2 Å². The third-order valence-electron chi connectivity index (χ3n) is 4.79. The van der Waals surface area contributed by atoms with Gasteiger partial charge in [-0.15, -0.1) is 0 Å². The van der Waals surface area contributed by atoms with Crippen molar-refractivity contribution in [3.05, 3.63) is 35.9 Å². The Hall–Kier alpha value is -3.30. The molecule has 0 spiro atoms. The van der Waals surface area contributed by atoms with Crippen molar-refractivity contribution in [2.45, 2.75) is 65.8 Å². The predicted octanol–water partition coefficient (Wildman–Crippen LogP) is 2.68. The minimum atomic E-state index is -0.928. The second-order valence-electron chi connectivity index (χ2n) is 9.08. The van der Waals surface area contributed by atoms with Crippen LogP contribution in [0.2, 0.25) is 0 Å². The zero-order valence-corrected chi connectivity index (χ0v) is 20.7. The average molecular weight is 465 g/mol. The highest BCUT2D eigenvalue weighted by molar-refractivity contribution is 5.91. The minimum Gasteiger partial charge on any atom is -0.445 e. The summed E-state index contributed by atoms with van der Waals surface area (Å²) in [4.78, 5) is 52.4. The molecule has 10 nitrogen and oxygen atoms in total. The fourth-order valence-electron chi connectivity index (χ4n) is 2.93. The number of likely N-dealkylation sites (N-methyl/N-ethyl adjacent to an activating group) is 2. The van der Waals surface area contributed by atoms with E-state index in [-0.39, 0.29) is 12.5 Å². The number of hydrogen-bond acceptors (Lipinski definition) is 6. The van der Waals surface area contributed by atoms with Crippen LogP contribution in [-0.4, -0.2) is 65.6 Å². The lowest BCUT2D eigenvalue weighted by atomic mass is 10.0. The summed E-state index contributed by atoms with van der Waals surface area (Å²) in [5.74, 6) is -1.30. The fraction of sp³-hybridized carbons (Fsp3) is 0.565. The lowest BCUT2D eigenvalue weighted by molar-refractivity contribution is -0.143. The first-order valence-corrected chi connectivity index (χ1v) is 10.7. The number of carbonyl (C=O) groups is 4. The van der Waals surface area contributed by atoms with Crippen LogP contribution in [-0.2, 0) is 25.7 Å². The van der Waals surface area contributed by atoms with Crippen molar-refractivity contribution in [3.63, 3.8) is 0 Å². The van der Waals surface area contributed by atoms with Crippen LogP contribution in [0.4, 0.5) is 9.59 Å². The molecule has 1 aromatic carbocycles. The van der Waals surface area contributed by atoms with Crippen LogP contribution < -0.4 is 10.9 Å². The van der Waals surface area contributed by atoms with Crippen molar-refractivity contribution in [1.29, 1.82) is 0 Å². The summed E-state index contributed by atoms with van der Waals surface area (Å²) >= 11 is 0. The Labute approximate surface area is 195 Å². The highest BCUT2D eigenvalue weighted by atomic mass is 16.6. The van der Waals surface area contributed by atoms with Gasteiger partial charge >= 0.3 is 12.2 Å². The van der Waals surface area contributed by atoms with Gasteiger partial charge in [-0.2, -0.15) is 0 Å². The van der Waals surface area contributed by atoms with Crippen molar-refractivity contribution >= 4 is 24.0 Å². The van der Waals surface area contributed by atoms with Gasteiger partial charge in [-0.05, 0) is 39.2 Å². The molecule has 0 heterocycles. The topological polar surface area (TPSA) is 117 Å². The van der Waals surface area contributed by atoms with Crippen LogP contribution in [0.1, 0.15) is 47.1 Å². The Kier molecular flexibility index (Phi) is 10.2. The smallest absolute Gasteiger partial charge is 0.426 e. The molecule has 0 aliphatic carbocycles. The summed E-state index contributed by atoms with van der Waals surface area (Å²) in [6, 6.07) is 7.42. The van der Waals surface area contributed by atoms with Crippen LogP contribution >= 0.6 is 0 Å². The summed E-state index contributed by atoms with van der Waals surface area (Å²) in [6.07, 6.45) is -1.47. The van der Waals surface area contributed by atoms with Crippen LogP contribution in [0.3, 0.4) is 0 Å². The maximum absolute atomic E-state index is 13.2. The average Bonchev–Trinajstić information content (AvgIpc) is 2.73. The third kappa shape index (κ3) is 8.99. The van der Waals surface area contributed by atoms with E-state index in [4.69, 9.17) is 9.47 Å². The van der Waals surface area contributed by atoms with E-state index in [0.717, 1.165) is 5.56 Å². The Morgan fingerprint density at radius 3 is 2.03 bits per heavy atom. The molecule has 10 heteroatoms. The molecule has 0 radical (unpaired) electrons. The van der Waals surface area contributed by atoms with E-state index in [1.807, 2.05) is 30.3 Å². The lowest BCUT2D eigenvalue weighted by Crippen LogP contribution is -2.57. The summed E-state index contributed by atoms with van der Waals surface area (Å²) in [5, 5.41) is 0. The quantitative estimate of drug-likeness (QED) is 0.599. The molecule has 1 rings (SSSR count). The third-order valence-corrected chi connectivity index (χ3v) is 4.79. The van der Waals surface area contributed by atoms with E-state index < -0.39 is 41.7 Å². The summed E-state index contributed by atoms with van der Waals surface area (Å²) in [6.45, 7) is 10.3. The van der Waals surface area contributed by atoms with E-state index in [1.165, 1.54) is 30.8 Å². The second-order valence-corrected chi connectivity index (χ2v) is 9.08. The van der Waals surface area contributed by atoms with Crippen molar-refractivity contribution in [1.82, 2.24) is 20.7 Å². The van der Waals surface area contributed by atoms with E-state index in [0.29, 0.717) is 0 Å². The van der Waals surface area contributed by atoms with Gasteiger partial charge < -0.3 is 14.4 Å². The first-order chi connectivity index (χ1) is 15.2. The van der Waals surface area contributed by atoms with Gasteiger partial charge in [0.1, 0.15) is 24.3 Å². The molecule has 2 atom stereocenters. The van der Waals surface area contributed by atoms with Crippen LogP contribution in [0.5, 0.6) is 0 Å². The van der Waals surface area contributed by atoms with Gasteiger partial charge in [0.2, 0.25) is 5.91 Å². The molecular formula is C23H36N4O6. The van der Waals surface area contributed by atoms with E-state index >= 15 is 0 Å². The predicted molar refractivity (Wildman–Crippen MR) is 123 cm³/mol. The summed E-state index contributed by atoms with van der Waals surface area (Å²) < 4.78 is 10.4. The molecule has 0 unspecified atom stereocenters. The van der Waals surface area contributed by atoms with Gasteiger partial charge in [0.25, 0.3) is 5.91 Å². The summed E-state index contributed by atoms with van der Waals surface area (Å²) in [7, 11) is 2.94. The molecule has 0 aromatic heterocycles. The summed E-state index contributed by atoms with van der Waals surface area (Å²) in [5.41, 5.74) is 4.49. The zero-order chi connectivity index (χ0) is 25.3. The number of hydrazine groups is 1. The van der Waals surface area contributed by atoms with Crippen molar-refractivity contribution in [2.75, 3.05) is 14.1 Å². The molecule has 1 aromatic rings. The van der Waals surface area contributed by atoms with Gasteiger partial charge in [0, 0.05) is 14.1 Å². The second kappa shape index (κ2) is 12.1. The van der Waals surface area contributed by atoms with E-state index in [1.54, 1.807) is 34.6 Å². The Morgan fingerprint density at radius 2 is 1.52 bits per heavy atom. The minimum absolute atomic E-state index is 0.0774. The largest absolute Gasteiger partial charge is 0.445 e. The first kappa shape index (κ1) is 27.7. The number of amides is 4. The Balaban J connectivity index is 2.75. The van der Waals surface area contributed by atoms with Gasteiger partial charge in [0.15, 0.2) is 0 Å². The molecule has 0 aliphatic rings. The van der Waals surface area contributed by atoms with Crippen molar-refractivity contribution in [2.24, 2.45) is 5.92 Å². The number of carbonyl (C=O) groups excluding carboxylic acids is 4. The molecule has 4 amide bonds. The molecule has 0 bridgehead atoms. The maximum atomic E-state index is 13.2. The van der Waals surface area contributed by atoms with Crippen LogP contribution in [0, 0.1) is 5.92 Å². The number of nitrogens with one attached hydrogen (secondary N) is 2. The monoisotopic (exact) mass is 464 g/mol. The number of hydrogen-bond donors (Lipinski definition) is 2. The molecule has 0 saturated heterocycles. The highest BCUT2D eigenvalue weighted by Crippen LogP contribution is 2.16. The highest BCUT2D eigenvalue weighted by Gasteiger charge is 2.35. The van der Waals surface area contributed by atoms with Crippen LogP contribution in [0.25, 0.3) is 0 Å². The molecule has 184 valence electrons. The molecule has 0 fully saturated rings. The van der Waals surface area contributed by atoms with Gasteiger partial charge in [-0.25, -0.2) is 15.0 Å². The standard InChI is InChI=1S/C23H36N4O6/c1-15(2)18(27(8)22(31)32-14-17-12-10-9-11-13-17)20(29)26(7)16(3)19(28)24-25-21(30)33-23(4,5)6/h9-13,15-16,18H,14H2,1-8H3,(H,24,28)(H,25,30)/t16-,18-/m0/s1. The van der Waals surface area contributed by atoms with Crippen molar-refractivity contribution in [3.8, 4) is 0 Å². The lowest BCUT2D eigenvalue weighted by Gasteiger charge is -2.34. The Morgan fingerprint density at radius 1 is 0.939 bits per heavy atom. The van der Waals surface area contributed by atoms with Crippen LogP contribution in [0.15, 0.2) is 30.3 Å². The maximum Gasteiger partial charge on any atom is 0.426 e. The van der Waals surface area contributed by atoms with Crippen molar-refractivity contribution < 1.29 is 28.7 Å². The number of ether oxygens (including phenoxy) is 2. The molecular weight excluding hydrogens is 428 g/mol. The molecule has 33 heavy (non-hydrogen) atoms. The Bertz CT molecular complexity index is 822.